The van der Waals surface area contributed by atoms with Crippen molar-refractivity contribution >= 4 is 5.91 Å². The predicted molar refractivity (Wildman–Crippen MR) is 27.5 cm³/mol. The van der Waals surface area contributed by atoms with E-state index in [0.29, 0.717) is 0 Å². The highest BCUT2D eigenvalue weighted by Crippen LogP contribution is 2.26. The van der Waals surface area contributed by atoms with Gasteiger partial charge in [-0.2, -0.15) is 13.2 Å². The molecule has 1 aliphatic carbocycles. The molecule has 0 aromatic carbocycles. The van der Waals surface area contributed by atoms with Crippen molar-refractivity contribution < 1.29 is 22.4 Å². The smallest absolute Gasteiger partial charge is 0.343 e. The summed E-state index contributed by atoms with van der Waals surface area (Å²) in [5.41, 5.74) is 0. The lowest BCUT2D eigenvalue weighted by Gasteiger charge is -2.05. The van der Waals surface area contributed by atoms with Crippen LogP contribution in [-0.2, 0) is 4.79 Å². The molecule has 0 aromatic rings. The van der Waals surface area contributed by atoms with Gasteiger partial charge in [-0.1, -0.05) is 0 Å². The molecule has 0 aliphatic heterocycles. The van der Waals surface area contributed by atoms with Gasteiger partial charge in [0.25, 0.3) is 0 Å². The minimum Gasteiger partial charge on any atom is -0.343 e. The van der Waals surface area contributed by atoms with Gasteiger partial charge >= 0.3 is 12.1 Å². The van der Waals surface area contributed by atoms with Crippen molar-refractivity contribution in [2.45, 2.75) is 24.8 Å². The summed E-state index contributed by atoms with van der Waals surface area (Å²) in [7, 11) is 0. The Morgan fingerprint density at radius 1 is 1.45 bits per heavy atom. The van der Waals surface area contributed by atoms with Crippen LogP contribution >= 0.6 is 0 Å². The van der Waals surface area contributed by atoms with Gasteiger partial charge in [0.05, 0.1) is 6.04 Å². The van der Waals surface area contributed by atoms with E-state index in [1.54, 1.807) is 0 Å². The highest BCUT2D eigenvalue weighted by Gasteiger charge is 2.46. The molecule has 1 unspecified atom stereocenters. The Morgan fingerprint density at radius 3 is 2.18 bits per heavy atom. The maximum absolute atomic E-state index is 11.9. The number of halogens is 4. The Labute approximate surface area is 59.6 Å². The summed E-state index contributed by atoms with van der Waals surface area (Å²) in [5, 5.41) is 1.50. The van der Waals surface area contributed by atoms with Gasteiger partial charge in [-0.15, -0.1) is 0 Å². The van der Waals surface area contributed by atoms with E-state index in [-0.39, 0.29) is 6.42 Å². The zero-order valence-electron chi connectivity index (χ0n) is 5.28. The quantitative estimate of drug-likeness (QED) is 0.580. The van der Waals surface area contributed by atoms with E-state index in [2.05, 4.69) is 0 Å². The van der Waals surface area contributed by atoms with Crippen LogP contribution in [-0.4, -0.2) is 24.3 Å². The van der Waals surface area contributed by atoms with Crippen LogP contribution in [0.4, 0.5) is 17.6 Å². The van der Waals surface area contributed by atoms with Gasteiger partial charge in [0.2, 0.25) is 0 Å². The van der Waals surface area contributed by atoms with Crippen LogP contribution in [0.15, 0.2) is 0 Å². The van der Waals surface area contributed by atoms with Crippen LogP contribution in [0, 0.1) is 0 Å². The molecule has 1 rings (SSSR count). The lowest BCUT2D eigenvalue weighted by molar-refractivity contribution is -0.173. The van der Waals surface area contributed by atoms with Crippen molar-refractivity contribution in [3.8, 4) is 0 Å². The van der Waals surface area contributed by atoms with Crippen molar-refractivity contribution in [2.75, 3.05) is 0 Å². The van der Waals surface area contributed by atoms with Crippen LogP contribution in [0.25, 0.3) is 0 Å². The van der Waals surface area contributed by atoms with E-state index >= 15 is 0 Å². The summed E-state index contributed by atoms with van der Waals surface area (Å²) in [6.45, 7) is 0. The molecule has 0 radical (unpaired) electrons. The number of carbonyl (C=O) groups is 1. The Morgan fingerprint density at radius 2 is 1.91 bits per heavy atom. The van der Waals surface area contributed by atoms with Crippen molar-refractivity contribution in [3.05, 3.63) is 0 Å². The lowest BCUT2D eigenvalue weighted by atomic mass is 10.5. The second kappa shape index (κ2) is 2.35. The highest BCUT2D eigenvalue weighted by molar-refractivity contribution is 5.82. The molecule has 6 heteroatoms. The first-order chi connectivity index (χ1) is 4.91. The monoisotopic (exact) mass is 171 g/mol. The standard InChI is InChI=1S/C5H5F4NO/c6-2-1-3(2)10-4(11)5(7,8)9/h2-3H,1H2,(H,10,11)/t2?,3-/m1/s1. The van der Waals surface area contributed by atoms with Crippen LogP contribution in [0.3, 0.4) is 0 Å². The number of hydrogen-bond acceptors (Lipinski definition) is 1. The third-order valence-corrected chi connectivity index (χ3v) is 1.29. The van der Waals surface area contributed by atoms with E-state index in [1.165, 1.54) is 5.32 Å². The molecule has 64 valence electrons. The van der Waals surface area contributed by atoms with E-state index in [1.807, 2.05) is 0 Å². The Bertz CT molecular complexity index is 178. The highest BCUT2D eigenvalue weighted by atomic mass is 19.4. The van der Waals surface area contributed by atoms with Gasteiger partial charge in [0, 0.05) is 6.42 Å². The zero-order valence-corrected chi connectivity index (χ0v) is 5.28. The van der Waals surface area contributed by atoms with Crippen molar-refractivity contribution in [1.82, 2.24) is 5.32 Å². The van der Waals surface area contributed by atoms with Crippen molar-refractivity contribution in [3.63, 3.8) is 0 Å². The summed E-state index contributed by atoms with van der Waals surface area (Å²) in [4.78, 5) is 10.1. The first-order valence-electron chi connectivity index (χ1n) is 2.93. The number of carbonyl (C=O) groups excluding carboxylic acids is 1. The zero-order chi connectivity index (χ0) is 8.65. The fourth-order valence-electron chi connectivity index (χ4n) is 0.564. The summed E-state index contributed by atoms with van der Waals surface area (Å²) >= 11 is 0. The van der Waals surface area contributed by atoms with Gasteiger partial charge in [-0.25, -0.2) is 4.39 Å². The molecule has 0 saturated heterocycles. The maximum atomic E-state index is 11.9. The molecular formula is C5H5F4NO. The number of rotatable bonds is 1. The van der Waals surface area contributed by atoms with Crippen LogP contribution < -0.4 is 5.32 Å². The van der Waals surface area contributed by atoms with Gasteiger partial charge in [-0.05, 0) is 0 Å². The molecular weight excluding hydrogens is 166 g/mol. The van der Waals surface area contributed by atoms with E-state index < -0.39 is 24.3 Å². The predicted octanol–water partition coefficient (Wildman–Crippen LogP) is 0.775. The Balaban J connectivity index is 2.33. The molecule has 2 nitrogen and oxygen atoms in total. The second-order valence-corrected chi connectivity index (χ2v) is 2.33. The first kappa shape index (κ1) is 8.29. The second-order valence-electron chi connectivity index (χ2n) is 2.33. The van der Waals surface area contributed by atoms with E-state index in [0.717, 1.165) is 0 Å². The molecule has 0 spiro atoms. The third-order valence-electron chi connectivity index (χ3n) is 1.29. The van der Waals surface area contributed by atoms with Crippen LogP contribution in [0.1, 0.15) is 6.42 Å². The molecule has 1 saturated carbocycles. The normalized spacial score (nSPS) is 29.8. The number of hydrogen-bond donors (Lipinski definition) is 1. The molecule has 11 heavy (non-hydrogen) atoms. The number of nitrogens with one attached hydrogen (secondary N) is 1. The van der Waals surface area contributed by atoms with Gasteiger partial charge < -0.3 is 5.32 Å². The molecule has 0 bridgehead atoms. The molecule has 1 amide bonds. The average Bonchev–Trinajstić information content (AvgIpc) is 2.44. The van der Waals surface area contributed by atoms with E-state index in [9.17, 15) is 22.4 Å². The van der Waals surface area contributed by atoms with Gasteiger partial charge in [0.15, 0.2) is 0 Å². The third kappa shape index (κ3) is 2.06. The maximum Gasteiger partial charge on any atom is 0.471 e. The fourth-order valence-corrected chi connectivity index (χ4v) is 0.564. The summed E-state index contributed by atoms with van der Waals surface area (Å²) in [5.74, 6) is -2.07. The molecule has 1 N–H and O–H groups in total. The first-order valence-corrected chi connectivity index (χ1v) is 2.93. The van der Waals surface area contributed by atoms with Crippen molar-refractivity contribution in [1.29, 1.82) is 0 Å². The molecule has 1 aliphatic rings. The number of amides is 1. The Kier molecular flexibility index (Phi) is 1.77. The van der Waals surface area contributed by atoms with Crippen molar-refractivity contribution in [2.24, 2.45) is 0 Å². The van der Waals surface area contributed by atoms with Gasteiger partial charge in [0.1, 0.15) is 6.17 Å². The molecule has 0 heterocycles. The summed E-state index contributed by atoms with van der Waals surface area (Å²) < 4.78 is 46.2. The average molecular weight is 171 g/mol. The summed E-state index contributed by atoms with van der Waals surface area (Å²) in [6, 6.07) is -0.927. The van der Waals surface area contributed by atoms with E-state index in [4.69, 9.17) is 0 Å². The summed E-state index contributed by atoms with van der Waals surface area (Å²) in [6.07, 6.45) is -6.22. The number of alkyl halides is 4. The topological polar surface area (TPSA) is 29.1 Å². The van der Waals surface area contributed by atoms with Crippen LogP contribution in [0.2, 0.25) is 0 Å². The SMILES string of the molecule is O=C(N[C@@H]1CC1F)C(F)(F)F. The lowest BCUT2D eigenvalue weighted by Crippen LogP contribution is -2.38. The van der Waals surface area contributed by atoms with Crippen LogP contribution in [0.5, 0.6) is 0 Å². The molecule has 1 fully saturated rings. The Hall–Kier alpha value is -0.810. The minimum atomic E-state index is -4.90. The largest absolute Gasteiger partial charge is 0.471 e. The molecule has 0 aromatic heterocycles. The minimum absolute atomic E-state index is 0.0121. The molecule has 2 atom stereocenters. The fraction of sp³-hybridized carbons (Fsp3) is 0.800. The van der Waals surface area contributed by atoms with Gasteiger partial charge in [-0.3, -0.25) is 4.79 Å².